The van der Waals surface area contributed by atoms with Crippen LogP contribution in [0.3, 0.4) is 0 Å². The van der Waals surface area contributed by atoms with Crippen molar-refractivity contribution in [2.75, 3.05) is 37.2 Å². The largest absolute Gasteiger partial charge is 0.354 e. The fraction of sp³-hybridized carbons (Fsp3) is 0.632. The summed E-state index contributed by atoms with van der Waals surface area (Å²) in [5.41, 5.74) is 0.521. The minimum atomic E-state index is -3.56. The summed E-state index contributed by atoms with van der Waals surface area (Å²) in [6.45, 7) is 4.64. The van der Waals surface area contributed by atoms with Crippen molar-refractivity contribution in [3.63, 3.8) is 0 Å². The van der Waals surface area contributed by atoms with Gasteiger partial charge in [-0.05, 0) is 63.9 Å². The monoisotopic (exact) mass is 381 g/mol. The molecule has 1 N–H and O–H groups in total. The number of benzene rings is 1. The van der Waals surface area contributed by atoms with Gasteiger partial charge in [-0.15, -0.1) is 0 Å². The molecule has 2 rings (SSSR count). The minimum Gasteiger partial charge on any atom is -0.354 e. The Kier molecular flexibility index (Phi) is 7.46. The molecule has 1 aliphatic rings. The standard InChI is InChI=1S/C19H31N3O3S/c1-4-18(22(26(3,24)25)17-8-6-5-7-9-17)19(23)20-13-10-16-11-14-21(2)15-12-16/h5-9,16,18H,4,10-15H2,1-3H3,(H,20,23)/t18-/m0/s1. The normalized spacial score (nSPS) is 17.7. The number of rotatable bonds is 8. The van der Waals surface area contributed by atoms with Gasteiger partial charge in [0, 0.05) is 6.54 Å². The van der Waals surface area contributed by atoms with E-state index >= 15 is 0 Å². The highest BCUT2D eigenvalue weighted by Gasteiger charge is 2.31. The van der Waals surface area contributed by atoms with Crippen molar-refractivity contribution in [1.82, 2.24) is 10.2 Å². The molecule has 1 heterocycles. The van der Waals surface area contributed by atoms with Gasteiger partial charge in [0.05, 0.1) is 11.9 Å². The van der Waals surface area contributed by atoms with Gasteiger partial charge in [-0.2, -0.15) is 0 Å². The van der Waals surface area contributed by atoms with Crippen molar-refractivity contribution in [2.24, 2.45) is 5.92 Å². The summed E-state index contributed by atoms with van der Waals surface area (Å²) in [7, 11) is -1.43. The molecule has 0 saturated carbocycles. The summed E-state index contributed by atoms with van der Waals surface area (Å²) >= 11 is 0. The van der Waals surface area contributed by atoms with Gasteiger partial charge in [0.2, 0.25) is 15.9 Å². The molecule has 1 saturated heterocycles. The van der Waals surface area contributed by atoms with Crippen molar-refractivity contribution in [1.29, 1.82) is 0 Å². The number of anilines is 1. The van der Waals surface area contributed by atoms with E-state index in [0.29, 0.717) is 24.6 Å². The first-order valence-electron chi connectivity index (χ1n) is 9.33. The smallest absolute Gasteiger partial charge is 0.243 e. The van der Waals surface area contributed by atoms with Crippen LogP contribution < -0.4 is 9.62 Å². The molecule has 1 amide bonds. The van der Waals surface area contributed by atoms with E-state index in [4.69, 9.17) is 0 Å². The van der Waals surface area contributed by atoms with Gasteiger partial charge < -0.3 is 10.2 Å². The molecule has 0 spiro atoms. The van der Waals surface area contributed by atoms with Gasteiger partial charge in [-0.1, -0.05) is 25.1 Å². The topological polar surface area (TPSA) is 69.7 Å². The molecule has 1 aromatic carbocycles. The molecule has 1 aromatic rings. The number of amides is 1. The summed E-state index contributed by atoms with van der Waals surface area (Å²) in [6, 6.07) is 8.08. The highest BCUT2D eigenvalue weighted by atomic mass is 32.2. The van der Waals surface area contributed by atoms with Crippen LogP contribution in [-0.4, -0.2) is 58.2 Å². The van der Waals surface area contributed by atoms with E-state index in [1.54, 1.807) is 24.3 Å². The number of carbonyl (C=O) groups is 1. The Balaban J connectivity index is 1.99. The lowest BCUT2D eigenvalue weighted by Crippen LogP contribution is -2.49. The van der Waals surface area contributed by atoms with E-state index in [0.717, 1.165) is 38.6 Å². The second-order valence-electron chi connectivity index (χ2n) is 7.14. The Labute approximate surface area is 157 Å². The van der Waals surface area contributed by atoms with Crippen molar-refractivity contribution in [3.05, 3.63) is 30.3 Å². The lowest BCUT2D eigenvalue weighted by atomic mass is 9.94. The molecule has 6 nitrogen and oxygen atoms in total. The molecular weight excluding hydrogens is 350 g/mol. The number of sulfonamides is 1. The number of likely N-dealkylation sites (tertiary alicyclic amines) is 1. The minimum absolute atomic E-state index is 0.227. The number of hydrogen-bond acceptors (Lipinski definition) is 4. The van der Waals surface area contributed by atoms with Gasteiger partial charge in [-0.25, -0.2) is 8.42 Å². The van der Waals surface area contributed by atoms with Gasteiger partial charge >= 0.3 is 0 Å². The zero-order chi connectivity index (χ0) is 19.2. The fourth-order valence-electron chi connectivity index (χ4n) is 3.50. The van der Waals surface area contributed by atoms with Crippen LogP contribution in [0, 0.1) is 5.92 Å². The van der Waals surface area contributed by atoms with Gasteiger partial charge in [-0.3, -0.25) is 9.10 Å². The van der Waals surface area contributed by atoms with Gasteiger partial charge in [0.1, 0.15) is 6.04 Å². The first kappa shape index (κ1) is 20.7. The molecule has 0 bridgehead atoms. The quantitative estimate of drug-likeness (QED) is 0.748. The van der Waals surface area contributed by atoms with Crippen molar-refractivity contribution < 1.29 is 13.2 Å². The zero-order valence-corrected chi connectivity index (χ0v) is 16.8. The van der Waals surface area contributed by atoms with Crippen LogP contribution in [0.15, 0.2) is 30.3 Å². The third-order valence-electron chi connectivity index (χ3n) is 5.03. The average molecular weight is 382 g/mol. The molecule has 0 radical (unpaired) electrons. The average Bonchev–Trinajstić information content (AvgIpc) is 2.60. The van der Waals surface area contributed by atoms with Crippen LogP contribution in [0.4, 0.5) is 5.69 Å². The molecule has 1 atom stereocenters. The lowest BCUT2D eigenvalue weighted by Gasteiger charge is -2.31. The van der Waals surface area contributed by atoms with Crippen LogP contribution in [0.1, 0.15) is 32.6 Å². The Bertz CT molecular complexity index is 671. The van der Waals surface area contributed by atoms with E-state index in [1.165, 1.54) is 4.31 Å². The van der Waals surface area contributed by atoms with Crippen LogP contribution in [0.25, 0.3) is 0 Å². The summed E-state index contributed by atoms with van der Waals surface area (Å²) in [5.74, 6) is 0.404. The number of piperidine rings is 1. The summed E-state index contributed by atoms with van der Waals surface area (Å²) < 4.78 is 25.9. The Morgan fingerprint density at radius 2 is 1.88 bits per heavy atom. The molecule has 0 unspecified atom stereocenters. The molecular formula is C19H31N3O3S. The number of para-hydroxylation sites is 1. The summed E-state index contributed by atoms with van der Waals surface area (Å²) in [4.78, 5) is 15.0. The number of nitrogens with zero attached hydrogens (tertiary/aromatic N) is 2. The second kappa shape index (κ2) is 9.37. The number of hydrogen-bond donors (Lipinski definition) is 1. The molecule has 1 fully saturated rings. The van der Waals surface area contributed by atoms with E-state index < -0.39 is 16.1 Å². The van der Waals surface area contributed by atoms with Crippen LogP contribution in [0.5, 0.6) is 0 Å². The van der Waals surface area contributed by atoms with Crippen LogP contribution >= 0.6 is 0 Å². The van der Waals surface area contributed by atoms with E-state index in [9.17, 15) is 13.2 Å². The third-order valence-corrected chi connectivity index (χ3v) is 6.21. The zero-order valence-electron chi connectivity index (χ0n) is 16.0. The summed E-state index contributed by atoms with van der Waals surface area (Å²) in [6.07, 6.45) is 4.82. The summed E-state index contributed by atoms with van der Waals surface area (Å²) in [5, 5.41) is 2.96. The highest BCUT2D eigenvalue weighted by molar-refractivity contribution is 7.92. The molecule has 7 heteroatoms. The van der Waals surface area contributed by atoms with E-state index in [1.807, 2.05) is 13.0 Å². The van der Waals surface area contributed by atoms with Crippen LogP contribution in [0.2, 0.25) is 0 Å². The first-order valence-corrected chi connectivity index (χ1v) is 11.2. The Morgan fingerprint density at radius 3 is 2.42 bits per heavy atom. The van der Waals surface area contributed by atoms with Crippen molar-refractivity contribution >= 4 is 21.6 Å². The SMILES string of the molecule is CC[C@@H](C(=O)NCCC1CCN(C)CC1)N(c1ccccc1)S(C)(=O)=O. The number of carbonyl (C=O) groups excluding carboxylic acids is 1. The maximum absolute atomic E-state index is 12.7. The van der Waals surface area contributed by atoms with Gasteiger partial charge in [0.15, 0.2) is 0 Å². The van der Waals surface area contributed by atoms with Crippen molar-refractivity contribution in [2.45, 2.75) is 38.6 Å². The molecule has 0 aliphatic carbocycles. The molecule has 1 aliphatic heterocycles. The number of nitrogens with one attached hydrogen (secondary N) is 1. The lowest BCUT2D eigenvalue weighted by molar-refractivity contribution is -0.122. The molecule has 146 valence electrons. The van der Waals surface area contributed by atoms with E-state index in [-0.39, 0.29) is 5.91 Å². The third kappa shape index (κ3) is 5.71. The fourth-order valence-corrected chi connectivity index (χ4v) is 4.71. The highest BCUT2D eigenvalue weighted by Crippen LogP contribution is 2.22. The Morgan fingerprint density at radius 1 is 1.27 bits per heavy atom. The predicted octanol–water partition coefficient (Wildman–Crippen LogP) is 2.08. The van der Waals surface area contributed by atoms with Gasteiger partial charge in [0.25, 0.3) is 0 Å². The second-order valence-corrected chi connectivity index (χ2v) is 9.00. The first-order chi connectivity index (χ1) is 12.3. The molecule has 0 aromatic heterocycles. The van der Waals surface area contributed by atoms with Crippen LogP contribution in [-0.2, 0) is 14.8 Å². The van der Waals surface area contributed by atoms with Crippen molar-refractivity contribution in [3.8, 4) is 0 Å². The molecule has 26 heavy (non-hydrogen) atoms. The maximum Gasteiger partial charge on any atom is 0.243 e. The maximum atomic E-state index is 12.7. The predicted molar refractivity (Wildman–Crippen MR) is 106 cm³/mol. The van der Waals surface area contributed by atoms with E-state index in [2.05, 4.69) is 17.3 Å². The Hall–Kier alpha value is -1.60.